The maximum Gasteiger partial charge on any atom is 0.219 e. The van der Waals surface area contributed by atoms with Crippen LogP contribution in [0.2, 0.25) is 0 Å². The van der Waals surface area contributed by atoms with Gasteiger partial charge < -0.3 is 15.1 Å². The van der Waals surface area contributed by atoms with Crippen molar-refractivity contribution < 1.29 is 4.79 Å². The highest BCUT2D eigenvalue weighted by atomic mass is 127. The number of aliphatic imine (C=N–C) groups is 1. The number of nitrogens with one attached hydrogen (secondary N) is 1. The van der Waals surface area contributed by atoms with E-state index in [4.69, 9.17) is 4.99 Å². The van der Waals surface area contributed by atoms with Crippen molar-refractivity contribution in [3.8, 4) is 0 Å². The quantitative estimate of drug-likeness (QED) is 0.436. The van der Waals surface area contributed by atoms with E-state index in [0.29, 0.717) is 5.92 Å². The fourth-order valence-corrected chi connectivity index (χ4v) is 3.33. The third-order valence-corrected chi connectivity index (χ3v) is 4.69. The van der Waals surface area contributed by atoms with Crippen LogP contribution in [0.25, 0.3) is 0 Å². The monoisotopic (exact) mass is 450 g/mol. The Labute approximate surface area is 160 Å². The molecule has 130 valence electrons. The maximum atomic E-state index is 11.4. The van der Waals surface area contributed by atoms with Gasteiger partial charge in [0.1, 0.15) is 0 Å². The molecule has 0 saturated carbocycles. The molecule has 0 aromatic carbocycles. The molecule has 0 radical (unpaired) electrons. The minimum Gasteiger partial charge on any atom is -0.357 e. The number of hydrogen-bond acceptors (Lipinski definition) is 3. The van der Waals surface area contributed by atoms with Gasteiger partial charge in [0.05, 0.1) is 0 Å². The number of nitrogens with zero attached hydrogens (tertiary/aromatic N) is 3. The molecular weight excluding hydrogens is 423 g/mol. The second-order valence-corrected chi connectivity index (χ2v) is 6.43. The number of thiophene rings is 1. The average Bonchev–Trinajstić information content (AvgIpc) is 3.05. The van der Waals surface area contributed by atoms with Gasteiger partial charge in [0.25, 0.3) is 0 Å². The molecule has 1 atom stereocenters. The van der Waals surface area contributed by atoms with Crippen molar-refractivity contribution in [2.45, 2.75) is 26.7 Å². The first kappa shape index (κ1) is 20.2. The third kappa shape index (κ3) is 5.95. The largest absolute Gasteiger partial charge is 0.357 e. The van der Waals surface area contributed by atoms with Crippen molar-refractivity contribution in [2.75, 3.05) is 39.3 Å². The Morgan fingerprint density at radius 2 is 2.00 bits per heavy atom. The second-order valence-electron chi connectivity index (χ2n) is 5.65. The van der Waals surface area contributed by atoms with Crippen molar-refractivity contribution in [1.82, 2.24) is 15.1 Å². The zero-order valence-electron chi connectivity index (χ0n) is 14.1. The predicted octanol–water partition coefficient (Wildman–Crippen LogP) is 2.60. The van der Waals surface area contributed by atoms with Crippen LogP contribution >= 0.6 is 35.3 Å². The van der Waals surface area contributed by atoms with Crippen molar-refractivity contribution in [3.05, 3.63) is 22.4 Å². The third-order valence-electron chi connectivity index (χ3n) is 3.99. The predicted molar refractivity (Wildman–Crippen MR) is 108 cm³/mol. The summed E-state index contributed by atoms with van der Waals surface area (Å²) in [6, 6.07) is 2.17. The number of carbonyl (C=O) groups excluding carboxylic acids is 1. The van der Waals surface area contributed by atoms with Gasteiger partial charge in [-0.2, -0.15) is 11.3 Å². The lowest BCUT2D eigenvalue weighted by atomic mass is 10.1. The van der Waals surface area contributed by atoms with Gasteiger partial charge in [-0.1, -0.05) is 6.92 Å². The van der Waals surface area contributed by atoms with Gasteiger partial charge in [0.2, 0.25) is 5.91 Å². The van der Waals surface area contributed by atoms with Gasteiger partial charge >= 0.3 is 0 Å². The Morgan fingerprint density at radius 3 is 2.52 bits per heavy atom. The Balaban J connectivity index is 0.00000264. The molecule has 1 fully saturated rings. The molecule has 7 heteroatoms. The number of amides is 1. The van der Waals surface area contributed by atoms with Crippen LogP contribution in [-0.2, 0) is 4.79 Å². The lowest BCUT2D eigenvalue weighted by molar-refractivity contribution is -0.130. The van der Waals surface area contributed by atoms with E-state index in [9.17, 15) is 4.79 Å². The Hall–Kier alpha value is -0.830. The van der Waals surface area contributed by atoms with E-state index in [1.165, 1.54) is 5.56 Å². The average molecular weight is 450 g/mol. The number of piperazine rings is 1. The minimum absolute atomic E-state index is 0. The molecule has 0 bridgehead atoms. The molecule has 1 N–H and O–H groups in total. The first-order chi connectivity index (χ1) is 10.6. The molecule has 2 rings (SSSR count). The SMILES string of the molecule is CCNC(=NCC(C)c1ccsc1)N1CCN(C(C)=O)CC1.I. The minimum atomic E-state index is 0. The Kier molecular flexibility index (Phi) is 8.90. The van der Waals surface area contributed by atoms with E-state index < -0.39 is 0 Å². The molecule has 1 amide bonds. The van der Waals surface area contributed by atoms with Crippen LogP contribution in [-0.4, -0.2) is 60.9 Å². The summed E-state index contributed by atoms with van der Waals surface area (Å²) < 4.78 is 0. The van der Waals surface area contributed by atoms with E-state index in [1.54, 1.807) is 18.3 Å². The van der Waals surface area contributed by atoms with E-state index in [0.717, 1.165) is 45.2 Å². The molecule has 0 aliphatic carbocycles. The van der Waals surface area contributed by atoms with Gasteiger partial charge in [-0.15, -0.1) is 24.0 Å². The summed E-state index contributed by atoms with van der Waals surface area (Å²) in [6.45, 7) is 10.8. The Bertz CT molecular complexity index is 498. The van der Waals surface area contributed by atoms with Crippen LogP contribution < -0.4 is 5.32 Å². The summed E-state index contributed by atoms with van der Waals surface area (Å²) in [6.07, 6.45) is 0. The van der Waals surface area contributed by atoms with Gasteiger partial charge in [-0.3, -0.25) is 9.79 Å². The van der Waals surface area contributed by atoms with Crippen LogP contribution in [0.3, 0.4) is 0 Å². The summed E-state index contributed by atoms with van der Waals surface area (Å²) in [5, 5.41) is 7.68. The smallest absolute Gasteiger partial charge is 0.219 e. The normalized spacial score (nSPS) is 16.7. The Morgan fingerprint density at radius 1 is 1.35 bits per heavy atom. The fraction of sp³-hybridized carbons (Fsp3) is 0.625. The number of halogens is 1. The van der Waals surface area contributed by atoms with Gasteiger partial charge in [-0.25, -0.2) is 0 Å². The lowest BCUT2D eigenvalue weighted by Gasteiger charge is -2.36. The van der Waals surface area contributed by atoms with Gasteiger partial charge in [0.15, 0.2) is 5.96 Å². The van der Waals surface area contributed by atoms with Crippen molar-refractivity contribution >= 4 is 47.2 Å². The van der Waals surface area contributed by atoms with E-state index in [2.05, 4.69) is 40.9 Å². The molecule has 23 heavy (non-hydrogen) atoms. The molecule has 1 unspecified atom stereocenters. The first-order valence-corrected chi connectivity index (χ1v) is 8.87. The standard InChI is InChI=1S/C16H26N4OS.HI/c1-4-17-16(18-11-13(2)15-5-10-22-12-15)20-8-6-19(7-9-20)14(3)21;/h5,10,12-13H,4,6-9,11H2,1-3H3,(H,17,18);1H. The molecular formula is C16H27IN4OS. The molecule has 2 heterocycles. The summed E-state index contributed by atoms with van der Waals surface area (Å²) in [4.78, 5) is 20.4. The lowest BCUT2D eigenvalue weighted by Crippen LogP contribution is -2.53. The summed E-state index contributed by atoms with van der Waals surface area (Å²) >= 11 is 1.73. The van der Waals surface area contributed by atoms with Gasteiger partial charge in [0, 0.05) is 52.1 Å². The highest BCUT2D eigenvalue weighted by molar-refractivity contribution is 14.0. The zero-order valence-corrected chi connectivity index (χ0v) is 17.3. The number of rotatable bonds is 4. The van der Waals surface area contributed by atoms with Crippen molar-refractivity contribution in [2.24, 2.45) is 4.99 Å². The number of guanidine groups is 1. The second kappa shape index (κ2) is 10.1. The van der Waals surface area contributed by atoms with E-state index in [-0.39, 0.29) is 29.9 Å². The van der Waals surface area contributed by atoms with Crippen molar-refractivity contribution in [1.29, 1.82) is 0 Å². The fourth-order valence-electron chi connectivity index (χ4n) is 2.54. The summed E-state index contributed by atoms with van der Waals surface area (Å²) in [7, 11) is 0. The molecule has 1 saturated heterocycles. The van der Waals surface area contributed by atoms with E-state index in [1.807, 2.05) is 4.90 Å². The van der Waals surface area contributed by atoms with Crippen LogP contribution in [0.4, 0.5) is 0 Å². The highest BCUT2D eigenvalue weighted by Crippen LogP contribution is 2.18. The first-order valence-electron chi connectivity index (χ1n) is 7.92. The zero-order chi connectivity index (χ0) is 15.9. The van der Waals surface area contributed by atoms with Crippen LogP contribution in [0, 0.1) is 0 Å². The molecule has 1 aliphatic rings. The molecule has 1 aliphatic heterocycles. The topological polar surface area (TPSA) is 47.9 Å². The highest BCUT2D eigenvalue weighted by Gasteiger charge is 2.21. The van der Waals surface area contributed by atoms with Crippen molar-refractivity contribution in [3.63, 3.8) is 0 Å². The van der Waals surface area contributed by atoms with Crippen LogP contribution in [0.1, 0.15) is 32.3 Å². The van der Waals surface area contributed by atoms with Crippen LogP contribution in [0.15, 0.2) is 21.8 Å². The summed E-state index contributed by atoms with van der Waals surface area (Å²) in [5.74, 6) is 1.55. The van der Waals surface area contributed by atoms with Gasteiger partial charge in [-0.05, 0) is 29.3 Å². The molecule has 5 nitrogen and oxygen atoms in total. The molecule has 1 aromatic rings. The van der Waals surface area contributed by atoms with E-state index >= 15 is 0 Å². The van der Waals surface area contributed by atoms with Crippen LogP contribution in [0.5, 0.6) is 0 Å². The summed E-state index contributed by atoms with van der Waals surface area (Å²) in [5.41, 5.74) is 1.35. The maximum absolute atomic E-state index is 11.4. The molecule has 1 aromatic heterocycles. The number of hydrogen-bond donors (Lipinski definition) is 1. The number of carbonyl (C=O) groups is 1. The molecule has 0 spiro atoms.